The Kier molecular flexibility index (Phi) is 15.9. The fourth-order valence-electron chi connectivity index (χ4n) is 5.81. The van der Waals surface area contributed by atoms with Crippen LogP contribution in [0.4, 0.5) is 0 Å². The van der Waals surface area contributed by atoms with E-state index in [4.69, 9.17) is 10.5 Å². The molecule has 0 saturated heterocycles. The van der Waals surface area contributed by atoms with Crippen molar-refractivity contribution >= 4 is 23.7 Å². The number of carbonyl (C=O) groups excluding carboxylic acids is 3. The third-order valence-electron chi connectivity index (χ3n) is 9.11. The van der Waals surface area contributed by atoms with E-state index in [0.29, 0.717) is 23.6 Å². The van der Waals surface area contributed by atoms with Crippen LogP contribution in [0.25, 0.3) is 22.5 Å². The second-order valence-corrected chi connectivity index (χ2v) is 14.6. The van der Waals surface area contributed by atoms with Crippen LogP contribution in [0, 0.1) is 0 Å². The number of benzene rings is 3. The zero-order valence-corrected chi connectivity index (χ0v) is 32.3. The number of nitrogens with zero attached hydrogens (tertiary/aromatic N) is 2. The largest absolute Gasteiger partial charge is 0.494 e. The van der Waals surface area contributed by atoms with Gasteiger partial charge in [0.2, 0.25) is 11.8 Å². The summed E-state index contributed by atoms with van der Waals surface area (Å²) < 4.78 is 5.89. The molecular weight excluding hydrogens is 697 g/mol. The molecule has 55 heavy (non-hydrogen) atoms. The van der Waals surface area contributed by atoms with Crippen molar-refractivity contribution in [1.82, 2.24) is 25.9 Å². The Morgan fingerprint density at radius 2 is 1.42 bits per heavy atom. The number of nitrogens with two attached hydrogens (primary N) is 1. The molecule has 2 atom stereocenters. The van der Waals surface area contributed by atoms with Gasteiger partial charge in [-0.3, -0.25) is 14.4 Å². The average molecular weight is 751 g/mol. The molecule has 0 saturated carbocycles. The van der Waals surface area contributed by atoms with Crippen LogP contribution < -0.4 is 26.4 Å². The predicted molar refractivity (Wildman–Crippen MR) is 214 cm³/mol. The summed E-state index contributed by atoms with van der Waals surface area (Å²) in [6, 6.07) is 19.5. The van der Waals surface area contributed by atoms with Gasteiger partial charge in [-0.15, -0.1) is 0 Å². The monoisotopic (exact) mass is 750 g/mol. The third kappa shape index (κ3) is 13.3. The molecule has 0 radical (unpaired) electrons. The Labute approximate surface area is 323 Å². The van der Waals surface area contributed by atoms with Crippen LogP contribution in [-0.2, 0) is 26.2 Å². The summed E-state index contributed by atoms with van der Waals surface area (Å²) in [6.45, 7) is 9.46. The molecule has 0 bridgehead atoms. The Balaban J connectivity index is 1.45. The second-order valence-electron chi connectivity index (χ2n) is 14.6. The summed E-state index contributed by atoms with van der Waals surface area (Å²) in [5, 5.41) is 17.5. The van der Waals surface area contributed by atoms with E-state index < -0.39 is 42.2 Å². The first-order chi connectivity index (χ1) is 26.4. The van der Waals surface area contributed by atoms with Gasteiger partial charge in [-0.1, -0.05) is 102 Å². The molecule has 12 nitrogen and oxygen atoms in total. The summed E-state index contributed by atoms with van der Waals surface area (Å²) in [7, 11) is 0. The van der Waals surface area contributed by atoms with E-state index in [1.165, 1.54) is 25.7 Å². The molecule has 3 aromatic carbocycles. The Morgan fingerprint density at radius 3 is 2.02 bits per heavy atom. The molecule has 1 heterocycles. The number of nitrogens with one attached hydrogen (secondary N) is 3. The number of aromatic nitrogens is 2. The van der Waals surface area contributed by atoms with Gasteiger partial charge in [-0.25, -0.2) is 14.8 Å². The molecule has 0 aliphatic carbocycles. The zero-order valence-electron chi connectivity index (χ0n) is 32.3. The number of amides is 3. The molecule has 12 heteroatoms. The highest BCUT2D eigenvalue weighted by Crippen LogP contribution is 2.25. The van der Waals surface area contributed by atoms with Crippen molar-refractivity contribution in [3.05, 3.63) is 102 Å². The van der Waals surface area contributed by atoms with Crippen LogP contribution >= 0.6 is 0 Å². The lowest BCUT2D eigenvalue weighted by Gasteiger charge is -2.22. The SMILES string of the molecule is CCCCCCCOc1ccc(-c2cnc(-c3ccc(C[C@H](NC(=O)c4ccc(C(C)(C)C)cc4)C(=O)N[C@@H](CC(=O)NCCN)C(=O)O)cc3)nc2)cc1. The molecular formula is C43H54N6O6. The van der Waals surface area contributed by atoms with E-state index in [0.717, 1.165) is 34.4 Å². The lowest BCUT2D eigenvalue weighted by Crippen LogP contribution is -2.53. The number of carbonyl (C=O) groups is 4. The molecule has 0 spiro atoms. The molecule has 292 valence electrons. The van der Waals surface area contributed by atoms with E-state index in [2.05, 4.69) is 53.6 Å². The van der Waals surface area contributed by atoms with E-state index in [9.17, 15) is 24.3 Å². The van der Waals surface area contributed by atoms with Crippen molar-refractivity contribution in [1.29, 1.82) is 0 Å². The predicted octanol–water partition coefficient (Wildman–Crippen LogP) is 5.83. The molecule has 0 aliphatic rings. The highest BCUT2D eigenvalue weighted by atomic mass is 16.5. The first kappa shape index (κ1) is 42.1. The van der Waals surface area contributed by atoms with Gasteiger partial charge >= 0.3 is 5.97 Å². The maximum Gasteiger partial charge on any atom is 0.326 e. The quantitative estimate of drug-likeness (QED) is 0.0693. The number of hydrogen-bond acceptors (Lipinski definition) is 8. The summed E-state index contributed by atoms with van der Waals surface area (Å²) in [4.78, 5) is 60.4. The van der Waals surface area contributed by atoms with Gasteiger partial charge < -0.3 is 31.5 Å². The minimum atomic E-state index is -1.52. The molecule has 4 rings (SSSR count). The summed E-state index contributed by atoms with van der Waals surface area (Å²) in [5.41, 5.74) is 9.97. The summed E-state index contributed by atoms with van der Waals surface area (Å²) >= 11 is 0. The third-order valence-corrected chi connectivity index (χ3v) is 9.11. The number of hydrogen-bond donors (Lipinski definition) is 5. The van der Waals surface area contributed by atoms with Gasteiger partial charge in [0.1, 0.15) is 17.8 Å². The van der Waals surface area contributed by atoms with Gasteiger partial charge in [-0.2, -0.15) is 0 Å². The summed E-state index contributed by atoms with van der Waals surface area (Å²) in [5.74, 6) is -1.86. The highest BCUT2D eigenvalue weighted by molar-refractivity contribution is 5.98. The van der Waals surface area contributed by atoms with Gasteiger partial charge in [0, 0.05) is 48.6 Å². The van der Waals surface area contributed by atoms with Gasteiger partial charge in [0.25, 0.3) is 5.91 Å². The van der Waals surface area contributed by atoms with Crippen LogP contribution in [0.15, 0.2) is 85.2 Å². The number of carboxylic acid groups (broad SMARTS) is 1. The minimum Gasteiger partial charge on any atom is -0.494 e. The topological polar surface area (TPSA) is 186 Å². The molecule has 6 N–H and O–H groups in total. The van der Waals surface area contributed by atoms with Crippen molar-refractivity contribution in [2.75, 3.05) is 19.7 Å². The highest BCUT2D eigenvalue weighted by Gasteiger charge is 2.29. The molecule has 0 aliphatic heterocycles. The second kappa shape index (κ2) is 20.7. The average Bonchev–Trinajstić information content (AvgIpc) is 3.18. The lowest BCUT2D eigenvalue weighted by atomic mass is 9.86. The maximum atomic E-state index is 13.6. The Morgan fingerprint density at radius 1 is 0.782 bits per heavy atom. The fourth-order valence-corrected chi connectivity index (χ4v) is 5.81. The first-order valence-corrected chi connectivity index (χ1v) is 18.9. The van der Waals surface area contributed by atoms with Crippen molar-refractivity contribution in [2.24, 2.45) is 5.73 Å². The lowest BCUT2D eigenvalue weighted by molar-refractivity contribution is -0.143. The number of rotatable bonds is 20. The van der Waals surface area contributed by atoms with E-state index >= 15 is 0 Å². The van der Waals surface area contributed by atoms with Crippen LogP contribution in [0.5, 0.6) is 5.75 Å². The van der Waals surface area contributed by atoms with E-state index in [-0.39, 0.29) is 24.9 Å². The number of ether oxygens (including phenoxy) is 1. The first-order valence-electron chi connectivity index (χ1n) is 18.9. The molecule has 0 fully saturated rings. The van der Waals surface area contributed by atoms with Gasteiger partial charge in [-0.05, 0) is 52.8 Å². The maximum absolute atomic E-state index is 13.6. The molecule has 3 amide bonds. The zero-order chi connectivity index (χ0) is 39.8. The molecule has 4 aromatic rings. The van der Waals surface area contributed by atoms with Crippen LogP contribution in [-0.4, -0.2) is 70.5 Å². The van der Waals surface area contributed by atoms with Crippen molar-refractivity contribution in [2.45, 2.75) is 90.1 Å². The van der Waals surface area contributed by atoms with Crippen LogP contribution in [0.3, 0.4) is 0 Å². The number of aliphatic carboxylic acids is 1. The smallest absolute Gasteiger partial charge is 0.326 e. The molecule has 1 aromatic heterocycles. The number of carboxylic acids is 1. The Hall–Kier alpha value is -5.62. The van der Waals surface area contributed by atoms with Crippen LogP contribution in [0.1, 0.15) is 87.7 Å². The fraction of sp³-hybridized carbons (Fsp3) is 0.395. The number of unbranched alkanes of at least 4 members (excludes halogenated alkanes) is 4. The summed E-state index contributed by atoms with van der Waals surface area (Å²) in [6.07, 6.45) is 9.01. The van der Waals surface area contributed by atoms with Crippen molar-refractivity contribution in [3.8, 4) is 28.3 Å². The normalized spacial score (nSPS) is 12.3. The van der Waals surface area contributed by atoms with E-state index in [1.807, 2.05) is 48.5 Å². The van der Waals surface area contributed by atoms with Gasteiger partial charge in [0.15, 0.2) is 5.82 Å². The van der Waals surface area contributed by atoms with Crippen LogP contribution in [0.2, 0.25) is 0 Å². The van der Waals surface area contributed by atoms with Crippen molar-refractivity contribution < 1.29 is 29.0 Å². The molecule has 0 unspecified atom stereocenters. The van der Waals surface area contributed by atoms with E-state index in [1.54, 1.807) is 36.7 Å². The van der Waals surface area contributed by atoms with Crippen molar-refractivity contribution in [3.63, 3.8) is 0 Å². The standard InChI is InChI=1S/C43H54N6O6/c1-5-6-7-8-9-24-55-35-20-16-30(17-21-35)33-27-46-39(47-28-33)31-12-10-29(11-13-31)25-36(41(52)49-37(42(53)54)26-38(50)45-23-22-44)48-40(51)32-14-18-34(19-15-32)43(2,3)4/h10-21,27-28,36-37H,5-9,22-26,44H2,1-4H3,(H,45,50)(H,48,51)(H,49,52)(H,53,54)/t36-,37-/m0/s1. The van der Waals surface area contributed by atoms with Gasteiger partial charge in [0.05, 0.1) is 13.0 Å². The minimum absolute atomic E-state index is 0.0436. The Bertz CT molecular complexity index is 1840.